The van der Waals surface area contributed by atoms with Gasteiger partial charge in [-0.25, -0.2) is 9.97 Å². The molecule has 0 aromatic carbocycles. The summed E-state index contributed by atoms with van der Waals surface area (Å²) in [5, 5.41) is 5.89. The Hall–Kier alpha value is -1.24. The van der Waals surface area contributed by atoms with Crippen LogP contribution in [0.5, 0.6) is 0 Å². The van der Waals surface area contributed by atoms with Crippen molar-refractivity contribution in [3.8, 4) is 0 Å². The molecule has 0 aliphatic carbocycles. The van der Waals surface area contributed by atoms with Crippen LogP contribution >= 0.6 is 11.6 Å². The smallest absolute Gasteiger partial charge is 0.257 e. The first kappa shape index (κ1) is 11.3. The third kappa shape index (κ3) is 2.88. The first-order chi connectivity index (χ1) is 7.75. The highest BCUT2D eigenvalue weighted by Gasteiger charge is 2.22. The Morgan fingerprint density at radius 2 is 2.56 bits per heavy atom. The minimum Gasteiger partial charge on any atom is -0.366 e. The first-order valence-electron chi connectivity index (χ1n) is 4.87. The second-order valence-electron chi connectivity index (χ2n) is 3.26. The molecule has 2 heterocycles. The van der Waals surface area contributed by atoms with Crippen molar-refractivity contribution in [1.82, 2.24) is 15.3 Å². The van der Waals surface area contributed by atoms with Gasteiger partial charge in [-0.2, -0.15) is 0 Å². The predicted octanol–water partition coefficient (Wildman–Crippen LogP) is 0.0569. The number of carbonyl (C=O) groups is 1. The van der Waals surface area contributed by atoms with E-state index in [0.717, 1.165) is 6.54 Å². The van der Waals surface area contributed by atoms with Gasteiger partial charge in [0.15, 0.2) is 0 Å². The van der Waals surface area contributed by atoms with Crippen LogP contribution in [-0.4, -0.2) is 41.7 Å². The van der Waals surface area contributed by atoms with Crippen LogP contribution in [0.15, 0.2) is 12.3 Å². The van der Waals surface area contributed by atoms with E-state index in [1.807, 2.05) is 0 Å². The van der Waals surface area contributed by atoms with E-state index < -0.39 is 6.10 Å². The maximum absolute atomic E-state index is 11.7. The molecule has 1 atom stereocenters. The normalized spacial score (nSPS) is 20.4. The van der Waals surface area contributed by atoms with Gasteiger partial charge in [0.25, 0.3) is 5.91 Å². The molecule has 1 aliphatic rings. The predicted molar refractivity (Wildman–Crippen MR) is 58.3 cm³/mol. The van der Waals surface area contributed by atoms with Crippen LogP contribution < -0.4 is 10.6 Å². The fraction of sp³-hybridized carbons (Fsp3) is 0.444. The molecule has 0 spiro atoms. The summed E-state index contributed by atoms with van der Waals surface area (Å²) < 4.78 is 5.28. The lowest BCUT2D eigenvalue weighted by Gasteiger charge is -2.22. The Labute approximate surface area is 97.4 Å². The average molecular weight is 243 g/mol. The number of anilines is 1. The van der Waals surface area contributed by atoms with E-state index in [0.29, 0.717) is 13.2 Å². The van der Waals surface area contributed by atoms with E-state index in [2.05, 4.69) is 20.6 Å². The number of nitrogens with one attached hydrogen (secondary N) is 2. The molecule has 1 saturated heterocycles. The van der Waals surface area contributed by atoms with Crippen LogP contribution in [0.25, 0.3) is 0 Å². The first-order valence-corrected chi connectivity index (χ1v) is 5.25. The van der Waals surface area contributed by atoms with Crippen molar-refractivity contribution in [2.45, 2.75) is 6.10 Å². The molecule has 16 heavy (non-hydrogen) atoms. The monoisotopic (exact) mass is 242 g/mol. The van der Waals surface area contributed by atoms with Gasteiger partial charge in [-0.3, -0.25) is 10.1 Å². The zero-order valence-electron chi connectivity index (χ0n) is 8.44. The maximum Gasteiger partial charge on any atom is 0.257 e. The third-order valence-electron chi connectivity index (χ3n) is 2.08. The van der Waals surface area contributed by atoms with E-state index >= 15 is 0 Å². The number of morpholine rings is 1. The summed E-state index contributed by atoms with van der Waals surface area (Å²) in [5.74, 6) is -0.0823. The van der Waals surface area contributed by atoms with Crippen molar-refractivity contribution in [2.24, 2.45) is 0 Å². The van der Waals surface area contributed by atoms with Crippen molar-refractivity contribution in [2.75, 3.05) is 25.0 Å². The van der Waals surface area contributed by atoms with Gasteiger partial charge in [0, 0.05) is 19.3 Å². The molecule has 0 bridgehead atoms. The van der Waals surface area contributed by atoms with Crippen LogP contribution in [0.2, 0.25) is 5.15 Å². The minimum absolute atomic E-state index is 0.187. The van der Waals surface area contributed by atoms with Crippen molar-refractivity contribution in [3.05, 3.63) is 17.4 Å². The molecular formula is C9H11ClN4O2. The van der Waals surface area contributed by atoms with Crippen LogP contribution in [0, 0.1) is 0 Å². The molecule has 0 radical (unpaired) electrons. The molecule has 86 valence electrons. The van der Waals surface area contributed by atoms with Gasteiger partial charge < -0.3 is 10.1 Å². The topological polar surface area (TPSA) is 76.1 Å². The number of hydrogen-bond acceptors (Lipinski definition) is 5. The quantitative estimate of drug-likeness (QED) is 0.717. The minimum atomic E-state index is -0.503. The lowest BCUT2D eigenvalue weighted by atomic mass is 10.3. The summed E-state index contributed by atoms with van der Waals surface area (Å²) in [4.78, 5) is 19.4. The van der Waals surface area contributed by atoms with Crippen LogP contribution in [0.3, 0.4) is 0 Å². The molecule has 1 aliphatic heterocycles. The Bertz CT molecular complexity index is 382. The van der Waals surface area contributed by atoms with Gasteiger partial charge in [-0.05, 0) is 6.07 Å². The van der Waals surface area contributed by atoms with E-state index in [1.165, 1.54) is 12.3 Å². The van der Waals surface area contributed by atoms with Crippen molar-refractivity contribution >= 4 is 23.5 Å². The Morgan fingerprint density at radius 3 is 3.25 bits per heavy atom. The molecular weight excluding hydrogens is 232 g/mol. The second kappa shape index (κ2) is 5.20. The Kier molecular flexibility index (Phi) is 3.66. The van der Waals surface area contributed by atoms with Gasteiger partial charge in [0.05, 0.1) is 6.61 Å². The largest absolute Gasteiger partial charge is 0.366 e. The average Bonchev–Trinajstić information content (AvgIpc) is 2.30. The Morgan fingerprint density at radius 1 is 1.69 bits per heavy atom. The highest BCUT2D eigenvalue weighted by atomic mass is 35.5. The lowest BCUT2D eigenvalue weighted by Crippen LogP contribution is -2.45. The van der Waals surface area contributed by atoms with Gasteiger partial charge in [-0.15, -0.1) is 0 Å². The highest BCUT2D eigenvalue weighted by Crippen LogP contribution is 2.07. The summed E-state index contributed by atoms with van der Waals surface area (Å²) in [6, 6.07) is 1.54. The van der Waals surface area contributed by atoms with Gasteiger partial charge >= 0.3 is 0 Å². The van der Waals surface area contributed by atoms with Gasteiger partial charge in [0.2, 0.25) is 5.95 Å². The van der Waals surface area contributed by atoms with Crippen molar-refractivity contribution in [1.29, 1.82) is 0 Å². The third-order valence-corrected chi connectivity index (χ3v) is 2.29. The van der Waals surface area contributed by atoms with E-state index in [9.17, 15) is 4.79 Å². The maximum atomic E-state index is 11.7. The molecule has 2 rings (SSSR count). The molecule has 1 aromatic heterocycles. The van der Waals surface area contributed by atoms with Gasteiger partial charge in [0.1, 0.15) is 11.3 Å². The van der Waals surface area contributed by atoms with E-state index in [1.54, 1.807) is 0 Å². The number of halogens is 1. The van der Waals surface area contributed by atoms with Crippen molar-refractivity contribution < 1.29 is 9.53 Å². The van der Waals surface area contributed by atoms with Crippen LogP contribution in [-0.2, 0) is 9.53 Å². The molecule has 6 nitrogen and oxygen atoms in total. The number of aromatic nitrogens is 2. The fourth-order valence-corrected chi connectivity index (χ4v) is 1.46. The summed E-state index contributed by atoms with van der Waals surface area (Å²) in [6.45, 7) is 1.78. The number of rotatable bonds is 2. The standard InChI is InChI=1S/C9H11ClN4O2/c10-7-1-2-12-9(13-7)14-8(15)6-5-11-3-4-16-6/h1-2,6,11H,3-5H2,(H,12,13,14,15). The van der Waals surface area contributed by atoms with Crippen LogP contribution in [0.1, 0.15) is 0 Å². The summed E-state index contributed by atoms with van der Waals surface area (Å²) in [5.41, 5.74) is 0. The Balaban J connectivity index is 1.96. The molecule has 1 aromatic rings. The number of ether oxygens (including phenoxy) is 1. The number of carbonyl (C=O) groups excluding carboxylic acids is 1. The summed E-state index contributed by atoms with van der Waals surface area (Å²) in [6.07, 6.45) is 0.974. The summed E-state index contributed by atoms with van der Waals surface area (Å²) >= 11 is 5.67. The highest BCUT2D eigenvalue weighted by molar-refractivity contribution is 6.29. The molecule has 1 fully saturated rings. The van der Waals surface area contributed by atoms with Crippen molar-refractivity contribution in [3.63, 3.8) is 0 Å². The number of hydrogen-bond donors (Lipinski definition) is 2. The van der Waals surface area contributed by atoms with Gasteiger partial charge in [-0.1, -0.05) is 11.6 Å². The zero-order chi connectivity index (χ0) is 11.4. The molecule has 0 saturated carbocycles. The van der Waals surface area contributed by atoms with Crippen LogP contribution in [0.4, 0.5) is 5.95 Å². The molecule has 1 unspecified atom stereocenters. The molecule has 7 heteroatoms. The number of amides is 1. The van der Waals surface area contributed by atoms with E-state index in [4.69, 9.17) is 16.3 Å². The number of nitrogens with zero attached hydrogens (tertiary/aromatic N) is 2. The summed E-state index contributed by atoms with van der Waals surface area (Å²) in [7, 11) is 0. The molecule has 2 N–H and O–H groups in total. The van der Waals surface area contributed by atoms with E-state index in [-0.39, 0.29) is 17.0 Å². The fourth-order valence-electron chi connectivity index (χ4n) is 1.32. The second-order valence-corrected chi connectivity index (χ2v) is 3.64. The lowest BCUT2D eigenvalue weighted by molar-refractivity contribution is -0.128. The zero-order valence-corrected chi connectivity index (χ0v) is 9.20. The SMILES string of the molecule is O=C(Nc1nccc(Cl)n1)C1CNCCO1. The molecule has 1 amide bonds.